The Labute approximate surface area is 189 Å². The lowest BCUT2D eigenvalue weighted by Gasteiger charge is -2.11. The van der Waals surface area contributed by atoms with E-state index in [0.717, 1.165) is 0 Å². The van der Waals surface area contributed by atoms with Crippen molar-refractivity contribution in [2.75, 3.05) is 32.0 Å². The van der Waals surface area contributed by atoms with Crippen molar-refractivity contribution in [1.82, 2.24) is 5.43 Å². The van der Waals surface area contributed by atoms with E-state index in [-0.39, 0.29) is 17.8 Å². The molecule has 0 bridgehead atoms. The van der Waals surface area contributed by atoms with E-state index < -0.39 is 17.7 Å². The summed E-state index contributed by atoms with van der Waals surface area (Å²) in [6.07, 6.45) is -0.138. The maximum Gasteiger partial charge on any atom is 0.329 e. The monoisotopic (exact) mass is 462 g/mol. The molecule has 0 aromatic heterocycles. The van der Waals surface area contributed by atoms with Gasteiger partial charge in [0.1, 0.15) is 17.2 Å². The zero-order chi connectivity index (χ0) is 23.7. The van der Waals surface area contributed by atoms with Crippen molar-refractivity contribution in [3.63, 3.8) is 0 Å². The molecular formula is C21H23ClN4O6. The van der Waals surface area contributed by atoms with Crippen LogP contribution in [-0.2, 0) is 14.4 Å². The zero-order valence-electron chi connectivity index (χ0n) is 17.9. The van der Waals surface area contributed by atoms with Crippen LogP contribution in [0.1, 0.15) is 13.3 Å². The molecule has 0 heterocycles. The lowest BCUT2D eigenvalue weighted by molar-refractivity contribution is -0.136. The quantitative estimate of drug-likeness (QED) is 0.314. The summed E-state index contributed by atoms with van der Waals surface area (Å²) < 4.78 is 15.4. The highest BCUT2D eigenvalue weighted by atomic mass is 35.5. The summed E-state index contributed by atoms with van der Waals surface area (Å²) >= 11 is 5.94. The third kappa shape index (κ3) is 6.88. The highest BCUT2D eigenvalue weighted by molar-refractivity contribution is 6.39. The van der Waals surface area contributed by atoms with Crippen molar-refractivity contribution < 1.29 is 28.6 Å². The second-order valence-corrected chi connectivity index (χ2v) is 6.81. The van der Waals surface area contributed by atoms with Crippen molar-refractivity contribution in [1.29, 1.82) is 0 Å². The first kappa shape index (κ1) is 24.5. The standard InChI is InChI=1S/C21H23ClN4O6/c1-12(9-19(27)23-15-10-13(22)5-7-17(15)31-3)25-26-21(29)20(28)24-16-11-14(30-2)6-8-18(16)32-4/h5-8,10-11H,9H2,1-4H3,(H,23,27)(H,24,28)(H,26,29)/b25-12+. The highest BCUT2D eigenvalue weighted by Gasteiger charge is 2.17. The maximum atomic E-state index is 12.2. The zero-order valence-corrected chi connectivity index (χ0v) is 18.7. The average Bonchev–Trinajstić information content (AvgIpc) is 2.77. The number of methoxy groups -OCH3 is 3. The number of carbonyl (C=O) groups is 3. The van der Waals surface area contributed by atoms with E-state index in [4.69, 9.17) is 25.8 Å². The number of halogens is 1. The summed E-state index contributed by atoms with van der Waals surface area (Å²) in [7, 11) is 4.36. The molecule has 0 aliphatic rings. The SMILES string of the molecule is COc1ccc(OC)c(NC(=O)C(=O)N/N=C(\C)CC(=O)Nc2cc(Cl)ccc2OC)c1. The molecule has 0 aliphatic carbocycles. The average molecular weight is 463 g/mol. The number of nitrogens with zero attached hydrogens (tertiary/aromatic N) is 1. The summed E-state index contributed by atoms with van der Waals surface area (Å²) in [5, 5.41) is 9.29. The molecule has 0 radical (unpaired) electrons. The lowest BCUT2D eigenvalue weighted by atomic mass is 10.2. The first-order valence-electron chi connectivity index (χ1n) is 9.27. The summed E-state index contributed by atoms with van der Waals surface area (Å²) in [4.78, 5) is 36.5. The number of hydrogen-bond donors (Lipinski definition) is 3. The van der Waals surface area contributed by atoms with E-state index in [2.05, 4.69) is 21.2 Å². The molecule has 32 heavy (non-hydrogen) atoms. The van der Waals surface area contributed by atoms with Crippen LogP contribution < -0.4 is 30.3 Å². The molecule has 0 spiro atoms. The van der Waals surface area contributed by atoms with Crippen LogP contribution in [0.3, 0.4) is 0 Å². The molecule has 0 aliphatic heterocycles. The minimum absolute atomic E-state index is 0.138. The van der Waals surface area contributed by atoms with Crippen molar-refractivity contribution in [2.24, 2.45) is 5.10 Å². The third-order valence-corrected chi connectivity index (χ3v) is 4.30. The van der Waals surface area contributed by atoms with E-state index in [0.29, 0.717) is 28.0 Å². The van der Waals surface area contributed by atoms with Gasteiger partial charge < -0.3 is 24.8 Å². The van der Waals surface area contributed by atoms with Gasteiger partial charge in [-0.15, -0.1) is 0 Å². The van der Waals surface area contributed by atoms with Gasteiger partial charge in [0.25, 0.3) is 0 Å². The van der Waals surface area contributed by atoms with Crippen LogP contribution in [0.2, 0.25) is 5.02 Å². The molecule has 10 nitrogen and oxygen atoms in total. The van der Waals surface area contributed by atoms with Gasteiger partial charge in [0.15, 0.2) is 0 Å². The topological polar surface area (TPSA) is 127 Å². The molecule has 0 atom stereocenters. The van der Waals surface area contributed by atoms with Crippen LogP contribution in [-0.4, -0.2) is 44.8 Å². The summed E-state index contributed by atoms with van der Waals surface area (Å²) in [5.41, 5.74) is 3.02. The molecule has 0 saturated carbocycles. The molecule has 11 heteroatoms. The molecular weight excluding hydrogens is 440 g/mol. The Balaban J connectivity index is 1.95. The molecule has 2 rings (SSSR count). The fourth-order valence-electron chi connectivity index (χ4n) is 2.53. The van der Waals surface area contributed by atoms with Gasteiger partial charge in [0.2, 0.25) is 5.91 Å². The predicted molar refractivity (Wildman–Crippen MR) is 121 cm³/mol. The summed E-state index contributed by atoms with van der Waals surface area (Å²) in [6, 6.07) is 9.53. The van der Waals surface area contributed by atoms with Crippen LogP contribution in [0.25, 0.3) is 0 Å². The Morgan fingerprint density at radius 3 is 2.12 bits per heavy atom. The largest absolute Gasteiger partial charge is 0.497 e. The second kappa shape index (κ2) is 11.6. The van der Waals surface area contributed by atoms with E-state index in [9.17, 15) is 14.4 Å². The molecule has 0 unspecified atom stereocenters. The number of nitrogens with one attached hydrogen (secondary N) is 3. The van der Waals surface area contributed by atoms with E-state index >= 15 is 0 Å². The van der Waals surface area contributed by atoms with Crippen LogP contribution >= 0.6 is 11.6 Å². The normalized spacial score (nSPS) is 10.7. The van der Waals surface area contributed by atoms with Gasteiger partial charge >= 0.3 is 11.8 Å². The first-order valence-corrected chi connectivity index (χ1v) is 9.65. The van der Waals surface area contributed by atoms with Gasteiger partial charge in [-0.05, 0) is 37.3 Å². The summed E-state index contributed by atoms with van der Waals surface area (Å²) in [5.74, 6) is -1.15. The van der Waals surface area contributed by atoms with Crippen LogP contribution in [0, 0.1) is 0 Å². The Hall–Kier alpha value is -3.79. The van der Waals surface area contributed by atoms with Crippen molar-refractivity contribution in [3.05, 3.63) is 41.4 Å². The van der Waals surface area contributed by atoms with E-state index in [1.165, 1.54) is 34.3 Å². The first-order chi connectivity index (χ1) is 15.3. The number of rotatable bonds is 8. The second-order valence-electron chi connectivity index (χ2n) is 6.38. The van der Waals surface area contributed by atoms with E-state index in [1.807, 2.05) is 0 Å². The smallest absolute Gasteiger partial charge is 0.329 e. The number of benzene rings is 2. The van der Waals surface area contributed by atoms with E-state index in [1.54, 1.807) is 30.3 Å². The minimum atomic E-state index is -1.02. The molecule has 170 valence electrons. The summed E-state index contributed by atoms with van der Waals surface area (Å²) in [6.45, 7) is 1.53. The number of ether oxygens (including phenoxy) is 3. The molecule has 0 saturated heterocycles. The van der Waals surface area contributed by atoms with Gasteiger partial charge in [-0.1, -0.05) is 11.6 Å². The van der Waals surface area contributed by atoms with Crippen molar-refractivity contribution >= 4 is 46.4 Å². The Kier molecular flexibility index (Phi) is 8.84. The van der Waals surface area contributed by atoms with Gasteiger partial charge in [0.05, 0.1) is 39.1 Å². The number of carbonyl (C=O) groups excluding carboxylic acids is 3. The Morgan fingerprint density at radius 2 is 1.50 bits per heavy atom. The number of anilines is 2. The molecule has 3 amide bonds. The van der Waals surface area contributed by atoms with Gasteiger partial charge in [-0.3, -0.25) is 14.4 Å². The number of hydrogen-bond acceptors (Lipinski definition) is 7. The highest BCUT2D eigenvalue weighted by Crippen LogP contribution is 2.29. The molecule has 2 aromatic carbocycles. The fraction of sp³-hybridized carbons (Fsp3) is 0.238. The fourth-order valence-corrected chi connectivity index (χ4v) is 2.70. The minimum Gasteiger partial charge on any atom is -0.497 e. The molecule has 0 fully saturated rings. The Bertz CT molecular complexity index is 1040. The molecule has 2 aromatic rings. The van der Waals surface area contributed by atoms with Gasteiger partial charge in [-0.2, -0.15) is 5.10 Å². The maximum absolute atomic E-state index is 12.2. The van der Waals surface area contributed by atoms with Crippen LogP contribution in [0.4, 0.5) is 11.4 Å². The third-order valence-electron chi connectivity index (χ3n) is 4.06. The molecule has 3 N–H and O–H groups in total. The van der Waals surface area contributed by atoms with Gasteiger partial charge in [-0.25, -0.2) is 5.43 Å². The lowest BCUT2D eigenvalue weighted by Crippen LogP contribution is -2.33. The van der Waals surface area contributed by atoms with Crippen LogP contribution in [0.15, 0.2) is 41.5 Å². The number of hydrazone groups is 1. The van der Waals surface area contributed by atoms with Crippen molar-refractivity contribution in [2.45, 2.75) is 13.3 Å². The van der Waals surface area contributed by atoms with Crippen LogP contribution in [0.5, 0.6) is 17.2 Å². The van der Waals surface area contributed by atoms with Crippen molar-refractivity contribution in [3.8, 4) is 17.2 Å². The predicted octanol–water partition coefficient (Wildman–Crippen LogP) is 2.83. The number of amides is 3. The Morgan fingerprint density at radius 1 is 0.875 bits per heavy atom. The van der Waals surface area contributed by atoms with Gasteiger partial charge in [0, 0.05) is 16.8 Å².